The molecule has 6 nitrogen and oxygen atoms in total. The molecular formula is C23H29ClN2O4. The maximum atomic E-state index is 12.4. The number of amides is 1. The molecule has 0 fully saturated rings. The first-order valence-corrected chi connectivity index (χ1v) is 9.97. The number of fused-ring (bicyclic) bond motifs is 1. The van der Waals surface area contributed by atoms with Crippen molar-refractivity contribution in [2.75, 3.05) is 19.5 Å². The van der Waals surface area contributed by atoms with E-state index in [4.69, 9.17) is 15.2 Å². The minimum atomic E-state index is -0.0292. The second-order valence-electron chi connectivity index (χ2n) is 7.34. The summed E-state index contributed by atoms with van der Waals surface area (Å²) >= 11 is 0. The standard InChI is InChI=1S/C23H28N2O4.ClH/c1-15(26)16-8-11-21(22(14-16)28-2)29-12-4-7-23(27)25-20-6-3-5-17-13-18(24)9-10-19(17)20;/h8-11,13-14,20H,3-7,12,24H2,1-2H3,(H,25,27);1H. The molecule has 0 spiro atoms. The van der Waals surface area contributed by atoms with Crippen molar-refractivity contribution >= 4 is 29.8 Å². The molecule has 1 aliphatic rings. The first kappa shape index (κ1) is 23.5. The summed E-state index contributed by atoms with van der Waals surface area (Å²) in [5, 5.41) is 3.14. The second kappa shape index (κ2) is 10.9. The van der Waals surface area contributed by atoms with Crippen LogP contribution in [-0.2, 0) is 11.2 Å². The molecule has 1 amide bonds. The third-order valence-corrected chi connectivity index (χ3v) is 5.19. The lowest BCUT2D eigenvalue weighted by Gasteiger charge is -2.26. The maximum absolute atomic E-state index is 12.4. The quantitative estimate of drug-likeness (QED) is 0.369. The molecule has 3 N–H and O–H groups in total. The molecule has 0 aliphatic heterocycles. The predicted molar refractivity (Wildman–Crippen MR) is 120 cm³/mol. The fourth-order valence-corrected chi connectivity index (χ4v) is 3.67. The number of aryl methyl sites for hydroxylation is 1. The summed E-state index contributed by atoms with van der Waals surface area (Å²) in [6.45, 7) is 1.90. The lowest BCUT2D eigenvalue weighted by molar-refractivity contribution is -0.122. The topological polar surface area (TPSA) is 90.6 Å². The SMILES string of the molecule is COc1cc(C(C)=O)ccc1OCCCC(=O)NC1CCCc2cc(N)ccc21.Cl. The zero-order chi connectivity index (χ0) is 20.8. The van der Waals surface area contributed by atoms with E-state index in [1.165, 1.54) is 25.2 Å². The predicted octanol–water partition coefficient (Wildman–Crippen LogP) is 4.25. The highest BCUT2D eigenvalue weighted by atomic mass is 35.5. The van der Waals surface area contributed by atoms with Crippen LogP contribution in [0.4, 0.5) is 5.69 Å². The van der Waals surface area contributed by atoms with Crippen molar-refractivity contribution in [3.63, 3.8) is 0 Å². The summed E-state index contributed by atoms with van der Waals surface area (Å²) in [6.07, 6.45) is 3.96. The van der Waals surface area contributed by atoms with Crippen molar-refractivity contribution in [1.29, 1.82) is 0 Å². The van der Waals surface area contributed by atoms with Crippen LogP contribution in [0.3, 0.4) is 0 Å². The number of nitrogen functional groups attached to an aromatic ring is 1. The van der Waals surface area contributed by atoms with Crippen LogP contribution < -0.4 is 20.5 Å². The van der Waals surface area contributed by atoms with Crippen molar-refractivity contribution < 1.29 is 19.1 Å². The van der Waals surface area contributed by atoms with Crippen molar-refractivity contribution in [3.05, 3.63) is 53.1 Å². The molecule has 2 aromatic rings. The molecule has 0 bridgehead atoms. The minimum Gasteiger partial charge on any atom is -0.493 e. The summed E-state index contributed by atoms with van der Waals surface area (Å²) in [6, 6.07) is 11.1. The zero-order valence-electron chi connectivity index (χ0n) is 17.4. The molecule has 0 heterocycles. The number of benzene rings is 2. The zero-order valence-corrected chi connectivity index (χ0v) is 18.2. The normalized spacial score (nSPS) is 14.8. The Kier molecular flexibility index (Phi) is 8.54. The third-order valence-electron chi connectivity index (χ3n) is 5.19. The van der Waals surface area contributed by atoms with E-state index in [1.807, 2.05) is 18.2 Å². The molecule has 1 atom stereocenters. The number of halogens is 1. The Morgan fingerprint density at radius 2 is 1.97 bits per heavy atom. The Bertz CT molecular complexity index is 901. The van der Waals surface area contributed by atoms with Gasteiger partial charge in [0.05, 0.1) is 19.8 Å². The van der Waals surface area contributed by atoms with Crippen molar-refractivity contribution in [1.82, 2.24) is 5.32 Å². The van der Waals surface area contributed by atoms with Crippen molar-refractivity contribution in [2.24, 2.45) is 0 Å². The molecule has 3 rings (SSSR count). The van der Waals surface area contributed by atoms with Gasteiger partial charge in [-0.25, -0.2) is 0 Å². The number of ether oxygens (including phenoxy) is 2. The number of Topliss-reactive ketones (excluding diaryl/α,β-unsaturated/α-hetero) is 1. The number of hydrogen-bond donors (Lipinski definition) is 2. The largest absolute Gasteiger partial charge is 0.493 e. The van der Waals surface area contributed by atoms with Crippen LogP contribution >= 0.6 is 12.4 Å². The number of nitrogens with one attached hydrogen (secondary N) is 1. The van der Waals surface area contributed by atoms with Gasteiger partial charge in [0.1, 0.15) is 0 Å². The lowest BCUT2D eigenvalue weighted by atomic mass is 9.87. The highest BCUT2D eigenvalue weighted by molar-refractivity contribution is 5.94. The Hall–Kier alpha value is -2.73. The number of rotatable bonds is 8. The average molecular weight is 433 g/mol. The van der Waals surface area contributed by atoms with Gasteiger partial charge in [0.15, 0.2) is 17.3 Å². The lowest BCUT2D eigenvalue weighted by Crippen LogP contribution is -2.31. The Morgan fingerprint density at radius 1 is 1.17 bits per heavy atom. The number of carbonyl (C=O) groups excluding carboxylic acids is 2. The molecule has 0 saturated carbocycles. The Morgan fingerprint density at radius 3 is 2.70 bits per heavy atom. The highest BCUT2D eigenvalue weighted by Gasteiger charge is 2.21. The first-order chi connectivity index (χ1) is 14.0. The molecule has 0 aromatic heterocycles. The number of anilines is 1. The van der Waals surface area contributed by atoms with Gasteiger partial charge in [-0.15, -0.1) is 12.4 Å². The van der Waals surface area contributed by atoms with E-state index < -0.39 is 0 Å². The Labute approximate surface area is 183 Å². The van der Waals surface area contributed by atoms with E-state index in [9.17, 15) is 9.59 Å². The van der Waals surface area contributed by atoms with Gasteiger partial charge >= 0.3 is 0 Å². The molecule has 30 heavy (non-hydrogen) atoms. The van der Waals surface area contributed by atoms with Crippen LogP contribution in [0.25, 0.3) is 0 Å². The second-order valence-corrected chi connectivity index (χ2v) is 7.34. The smallest absolute Gasteiger partial charge is 0.220 e. The average Bonchev–Trinajstić information content (AvgIpc) is 2.71. The van der Waals surface area contributed by atoms with E-state index in [-0.39, 0.29) is 30.1 Å². The molecule has 0 radical (unpaired) electrons. The molecular weight excluding hydrogens is 404 g/mol. The van der Waals surface area contributed by atoms with Crippen LogP contribution in [0.15, 0.2) is 36.4 Å². The van der Waals surface area contributed by atoms with Crippen LogP contribution in [0.1, 0.15) is 60.1 Å². The summed E-state index contributed by atoms with van der Waals surface area (Å²) < 4.78 is 11.0. The van der Waals surface area contributed by atoms with Crippen molar-refractivity contribution in [3.8, 4) is 11.5 Å². The fourth-order valence-electron chi connectivity index (χ4n) is 3.67. The van der Waals surface area contributed by atoms with Crippen LogP contribution in [0.5, 0.6) is 11.5 Å². The van der Waals surface area contributed by atoms with E-state index in [2.05, 4.69) is 5.32 Å². The number of hydrogen-bond acceptors (Lipinski definition) is 5. The molecule has 1 unspecified atom stereocenters. The monoisotopic (exact) mass is 432 g/mol. The van der Waals surface area contributed by atoms with Crippen molar-refractivity contribution in [2.45, 2.75) is 45.1 Å². The molecule has 0 saturated heterocycles. The summed E-state index contributed by atoms with van der Waals surface area (Å²) in [5.41, 5.74) is 9.61. The van der Waals surface area contributed by atoms with E-state index in [0.717, 1.165) is 24.9 Å². The van der Waals surface area contributed by atoms with Gasteiger partial charge in [0.25, 0.3) is 0 Å². The maximum Gasteiger partial charge on any atom is 0.220 e. The highest BCUT2D eigenvalue weighted by Crippen LogP contribution is 2.31. The summed E-state index contributed by atoms with van der Waals surface area (Å²) in [5.74, 6) is 1.07. The van der Waals surface area contributed by atoms with E-state index >= 15 is 0 Å². The molecule has 162 valence electrons. The van der Waals surface area contributed by atoms with Gasteiger partial charge < -0.3 is 20.5 Å². The van der Waals surface area contributed by atoms with Gasteiger partial charge in [-0.3, -0.25) is 9.59 Å². The van der Waals surface area contributed by atoms with Gasteiger partial charge in [0, 0.05) is 17.7 Å². The van der Waals surface area contributed by atoms with Gasteiger partial charge in [-0.1, -0.05) is 6.07 Å². The molecule has 7 heteroatoms. The van der Waals surface area contributed by atoms with Gasteiger partial charge in [0.2, 0.25) is 5.91 Å². The van der Waals surface area contributed by atoms with E-state index in [1.54, 1.807) is 18.2 Å². The van der Waals surface area contributed by atoms with Gasteiger partial charge in [-0.2, -0.15) is 0 Å². The summed E-state index contributed by atoms with van der Waals surface area (Å²) in [4.78, 5) is 23.9. The molecule has 2 aromatic carbocycles. The Balaban J connectivity index is 0.00000320. The third kappa shape index (κ3) is 5.89. The summed E-state index contributed by atoms with van der Waals surface area (Å²) in [7, 11) is 1.54. The first-order valence-electron chi connectivity index (χ1n) is 9.97. The van der Waals surface area contributed by atoms with Crippen LogP contribution in [0.2, 0.25) is 0 Å². The van der Waals surface area contributed by atoms with Crippen LogP contribution in [0, 0.1) is 0 Å². The van der Waals surface area contributed by atoms with E-state index in [0.29, 0.717) is 36.5 Å². The number of ketones is 1. The van der Waals surface area contributed by atoms with Crippen LogP contribution in [-0.4, -0.2) is 25.4 Å². The van der Waals surface area contributed by atoms with Gasteiger partial charge in [-0.05, 0) is 74.1 Å². The minimum absolute atomic E-state index is 0. The number of carbonyl (C=O) groups is 2. The molecule has 1 aliphatic carbocycles. The number of methoxy groups -OCH3 is 1. The fraction of sp³-hybridized carbons (Fsp3) is 0.391. The number of nitrogens with two attached hydrogens (primary N) is 1.